The fourth-order valence-corrected chi connectivity index (χ4v) is 7.07. The van der Waals surface area contributed by atoms with E-state index in [-0.39, 0.29) is 24.6 Å². The van der Waals surface area contributed by atoms with Crippen LogP contribution in [0.1, 0.15) is 83.6 Å². The van der Waals surface area contributed by atoms with Gasteiger partial charge in [0, 0.05) is 23.7 Å². The minimum atomic E-state index is -1.06. The molecule has 2 amide bonds. The van der Waals surface area contributed by atoms with E-state index >= 15 is 0 Å². The smallest absolute Gasteiger partial charge is 0.404 e. The number of nitrogens with zero attached hydrogens (tertiary/aromatic N) is 2. The summed E-state index contributed by atoms with van der Waals surface area (Å²) < 4.78 is 17.3. The molecule has 1 aromatic heterocycles. The second-order valence-corrected chi connectivity index (χ2v) is 13.8. The van der Waals surface area contributed by atoms with Gasteiger partial charge in [-0.3, -0.25) is 9.69 Å². The van der Waals surface area contributed by atoms with Gasteiger partial charge in [-0.05, 0) is 72.4 Å². The molecular formula is C40H44N4O6. The standard InChI is InChI=1S/C40H44N4O6/c41-39(46)50-26-40(47)20-18-30(19-21-40)42-34(22-27-14-15-27)31-12-7-13-32-33(31)23-44(38(32)45)35-16-17-36(48-24-28-8-3-1-4-9-28)43-37(35)49-25-29-10-5-2-6-11-29/h1-13,16-17,27,30,34,42,47H,14-15,18-26H2,(H2,41,46). The number of aliphatic hydroxyl groups is 1. The van der Waals surface area contributed by atoms with Gasteiger partial charge in [0.15, 0.2) is 0 Å². The van der Waals surface area contributed by atoms with Gasteiger partial charge in [-0.2, -0.15) is 4.98 Å². The zero-order valence-corrected chi connectivity index (χ0v) is 28.1. The highest BCUT2D eigenvalue weighted by atomic mass is 16.6. The molecule has 1 unspecified atom stereocenters. The number of benzene rings is 3. The van der Waals surface area contributed by atoms with Crippen LogP contribution in [0, 0.1) is 5.92 Å². The first-order chi connectivity index (χ1) is 24.3. The molecule has 4 aromatic rings. The summed E-state index contributed by atoms with van der Waals surface area (Å²) in [4.78, 5) is 31.8. The molecule has 0 saturated heterocycles. The molecule has 1 atom stereocenters. The number of rotatable bonds is 14. The number of aromatic nitrogens is 1. The number of primary amides is 1. The number of carbonyl (C=O) groups excluding carboxylic acids is 2. The van der Waals surface area contributed by atoms with E-state index in [0.717, 1.165) is 41.5 Å². The van der Waals surface area contributed by atoms with Gasteiger partial charge in [-0.1, -0.05) is 85.6 Å². The first-order valence-electron chi connectivity index (χ1n) is 17.5. The number of ether oxygens (including phenoxy) is 3. The Morgan fingerprint density at radius 2 is 1.58 bits per heavy atom. The van der Waals surface area contributed by atoms with Gasteiger partial charge in [0.25, 0.3) is 5.91 Å². The van der Waals surface area contributed by atoms with Crippen LogP contribution in [0.4, 0.5) is 10.5 Å². The quantitative estimate of drug-likeness (QED) is 0.136. The molecule has 260 valence electrons. The minimum Gasteiger partial charge on any atom is -0.473 e. The van der Waals surface area contributed by atoms with Gasteiger partial charge in [0.1, 0.15) is 25.5 Å². The molecule has 3 aromatic carbocycles. The van der Waals surface area contributed by atoms with Crippen LogP contribution < -0.4 is 25.4 Å². The lowest BCUT2D eigenvalue weighted by molar-refractivity contribution is -0.0512. The Labute approximate surface area is 292 Å². The highest BCUT2D eigenvalue weighted by Crippen LogP contribution is 2.43. The van der Waals surface area contributed by atoms with Crippen LogP contribution in [0.25, 0.3) is 0 Å². The molecule has 2 heterocycles. The van der Waals surface area contributed by atoms with Crippen molar-refractivity contribution < 1.29 is 28.9 Å². The number of fused-ring (bicyclic) bond motifs is 1. The van der Waals surface area contributed by atoms with Crippen LogP contribution in [-0.2, 0) is 24.5 Å². The Bertz CT molecular complexity index is 1790. The van der Waals surface area contributed by atoms with Crippen molar-refractivity contribution in [2.75, 3.05) is 11.5 Å². The molecule has 7 rings (SSSR count). The van der Waals surface area contributed by atoms with Crippen molar-refractivity contribution in [1.82, 2.24) is 10.3 Å². The van der Waals surface area contributed by atoms with Crippen LogP contribution in [0.5, 0.6) is 11.8 Å². The first kappa shape index (κ1) is 33.6. The number of nitrogens with two attached hydrogens (primary N) is 1. The molecule has 0 bridgehead atoms. The molecule has 2 saturated carbocycles. The predicted molar refractivity (Wildman–Crippen MR) is 189 cm³/mol. The number of hydrogen-bond acceptors (Lipinski definition) is 8. The fraction of sp³-hybridized carbons (Fsp3) is 0.375. The number of hydrogen-bond donors (Lipinski definition) is 3. The summed E-state index contributed by atoms with van der Waals surface area (Å²) >= 11 is 0. The Hall–Kier alpha value is -4.93. The molecule has 2 aliphatic carbocycles. The maximum Gasteiger partial charge on any atom is 0.404 e. The molecule has 0 spiro atoms. The maximum absolute atomic E-state index is 14.1. The SMILES string of the molecule is NC(=O)OCC1(O)CCC(NC(CC2CC2)c2cccc3c2CN(c2ccc(OCc4ccccc4)nc2OCc2ccccc2)C3=O)CC1. The third-order valence-corrected chi connectivity index (χ3v) is 10.0. The third kappa shape index (κ3) is 8.09. The Balaban J connectivity index is 1.11. The van der Waals surface area contributed by atoms with Gasteiger partial charge in [-0.15, -0.1) is 0 Å². The summed E-state index contributed by atoms with van der Waals surface area (Å²) in [6.07, 6.45) is 5.03. The van der Waals surface area contributed by atoms with Crippen molar-refractivity contribution in [1.29, 1.82) is 0 Å². The maximum atomic E-state index is 14.1. The summed E-state index contributed by atoms with van der Waals surface area (Å²) in [5.41, 5.74) is 9.52. The molecule has 50 heavy (non-hydrogen) atoms. The average molecular weight is 677 g/mol. The number of nitrogens with one attached hydrogen (secondary N) is 1. The summed E-state index contributed by atoms with van der Waals surface area (Å²) in [5.74, 6) is 1.31. The monoisotopic (exact) mass is 676 g/mol. The summed E-state index contributed by atoms with van der Waals surface area (Å²) in [6, 6.07) is 29.7. The Kier molecular flexibility index (Phi) is 10.0. The lowest BCUT2D eigenvalue weighted by Crippen LogP contribution is -2.45. The van der Waals surface area contributed by atoms with Crippen LogP contribution in [0.3, 0.4) is 0 Å². The zero-order valence-electron chi connectivity index (χ0n) is 28.1. The predicted octanol–water partition coefficient (Wildman–Crippen LogP) is 6.60. The van der Waals surface area contributed by atoms with Gasteiger partial charge in [0.2, 0.25) is 11.8 Å². The molecule has 2 fully saturated rings. The summed E-state index contributed by atoms with van der Waals surface area (Å²) in [6.45, 7) is 0.966. The molecule has 3 aliphatic rings. The minimum absolute atomic E-state index is 0.0592. The highest BCUT2D eigenvalue weighted by molar-refractivity contribution is 6.10. The number of amides is 2. The van der Waals surface area contributed by atoms with Crippen LogP contribution in [0.2, 0.25) is 0 Å². The molecule has 1 aliphatic heterocycles. The highest BCUT2D eigenvalue weighted by Gasteiger charge is 2.38. The van der Waals surface area contributed by atoms with Crippen LogP contribution in [-0.4, -0.2) is 40.3 Å². The molecule has 10 heteroatoms. The number of pyridine rings is 1. The van der Waals surface area contributed by atoms with E-state index < -0.39 is 11.7 Å². The Morgan fingerprint density at radius 1 is 0.900 bits per heavy atom. The molecular weight excluding hydrogens is 632 g/mol. The van der Waals surface area contributed by atoms with E-state index in [2.05, 4.69) is 11.4 Å². The first-order valence-corrected chi connectivity index (χ1v) is 17.5. The zero-order chi connectivity index (χ0) is 34.5. The number of anilines is 1. The second-order valence-electron chi connectivity index (χ2n) is 13.8. The van der Waals surface area contributed by atoms with E-state index in [1.807, 2.05) is 78.9 Å². The third-order valence-electron chi connectivity index (χ3n) is 10.0. The van der Waals surface area contributed by atoms with Crippen molar-refractivity contribution in [3.05, 3.63) is 119 Å². The van der Waals surface area contributed by atoms with Gasteiger partial charge in [0.05, 0.1) is 12.1 Å². The van der Waals surface area contributed by atoms with E-state index in [1.54, 1.807) is 11.0 Å². The van der Waals surface area contributed by atoms with Crippen LogP contribution in [0.15, 0.2) is 91.0 Å². The lowest BCUT2D eigenvalue weighted by atomic mass is 9.82. The van der Waals surface area contributed by atoms with Crippen molar-refractivity contribution >= 4 is 17.7 Å². The number of carbonyl (C=O) groups is 2. The summed E-state index contributed by atoms with van der Waals surface area (Å²) in [7, 11) is 0. The van der Waals surface area contributed by atoms with Crippen LogP contribution >= 0.6 is 0 Å². The molecule has 0 radical (unpaired) electrons. The fourth-order valence-electron chi connectivity index (χ4n) is 7.07. The van der Waals surface area contributed by atoms with E-state index in [9.17, 15) is 14.7 Å². The molecule has 4 N–H and O–H groups in total. The molecule has 10 nitrogen and oxygen atoms in total. The van der Waals surface area contributed by atoms with Crippen molar-refractivity contribution in [2.45, 2.75) is 82.4 Å². The Morgan fingerprint density at radius 3 is 2.24 bits per heavy atom. The van der Waals surface area contributed by atoms with Crippen molar-refractivity contribution in [3.8, 4) is 11.8 Å². The second kappa shape index (κ2) is 14.9. The van der Waals surface area contributed by atoms with E-state index in [1.165, 1.54) is 12.8 Å². The van der Waals surface area contributed by atoms with Gasteiger partial charge < -0.3 is 30.4 Å². The van der Waals surface area contributed by atoms with Crippen molar-refractivity contribution in [3.63, 3.8) is 0 Å². The van der Waals surface area contributed by atoms with Crippen molar-refractivity contribution in [2.24, 2.45) is 11.7 Å². The average Bonchev–Trinajstić information content (AvgIpc) is 3.90. The van der Waals surface area contributed by atoms with Gasteiger partial charge >= 0.3 is 6.09 Å². The van der Waals surface area contributed by atoms with E-state index in [4.69, 9.17) is 24.9 Å². The lowest BCUT2D eigenvalue weighted by Gasteiger charge is -2.37. The summed E-state index contributed by atoms with van der Waals surface area (Å²) in [5, 5.41) is 14.8. The normalized spacial score (nSPS) is 20.6. The largest absolute Gasteiger partial charge is 0.473 e. The van der Waals surface area contributed by atoms with E-state index in [0.29, 0.717) is 61.5 Å². The topological polar surface area (TPSA) is 136 Å². The van der Waals surface area contributed by atoms with Gasteiger partial charge in [-0.25, -0.2) is 4.79 Å².